The zero-order valence-corrected chi connectivity index (χ0v) is 11.3. The van der Waals surface area contributed by atoms with Crippen LogP contribution in [0.1, 0.15) is 16.6 Å². The number of ether oxygens (including phenoxy) is 2. The summed E-state index contributed by atoms with van der Waals surface area (Å²) in [5, 5.41) is 1.08. The van der Waals surface area contributed by atoms with E-state index in [1.807, 2.05) is 12.1 Å². The first kappa shape index (κ1) is 14.2. The minimum absolute atomic E-state index is 0.258. The molecule has 1 aromatic heterocycles. The van der Waals surface area contributed by atoms with Crippen molar-refractivity contribution in [2.24, 2.45) is 0 Å². The van der Waals surface area contributed by atoms with Gasteiger partial charge in [-0.15, -0.1) is 11.3 Å². The van der Waals surface area contributed by atoms with Gasteiger partial charge in [0.15, 0.2) is 6.29 Å². The summed E-state index contributed by atoms with van der Waals surface area (Å²) in [5.41, 5.74) is 0. The number of carbonyl (C=O) groups is 1. The summed E-state index contributed by atoms with van der Waals surface area (Å²) in [6.07, 6.45) is 0.879. The van der Waals surface area contributed by atoms with E-state index in [2.05, 4.69) is 11.8 Å². The summed E-state index contributed by atoms with van der Waals surface area (Å²) in [6.45, 7) is 4.19. The highest BCUT2D eigenvalue weighted by molar-refractivity contribution is 7.17. The van der Waals surface area contributed by atoms with Gasteiger partial charge in [0.2, 0.25) is 0 Å². The highest BCUT2D eigenvalue weighted by Crippen LogP contribution is 2.26. The lowest BCUT2D eigenvalue weighted by Gasteiger charge is -2.29. The third kappa shape index (κ3) is 4.11. The third-order valence-corrected chi connectivity index (χ3v) is 3.54. The summed E-state index contributed by atoms with van der Waals surface area (Å²) < 4.78 is 10.3. The van der Waals surface area contributed by atoms with Crippen molar-refractivity contribution in [3.63, 3.8) is 0 Å². The monoisotopic (exact) mass is 257 g/mol. The predicted molar refractivity (Wildman–Crippen MR) is 70.3 cm³/mol. The van der Waals surface area contributed by atoms with Crippen molar-refractivity contribution in [3.05, 3.63) is 17.0 Å². The molecule has 0 aromatic carbocycles. The molecule has 1 atom stereocenters. The first-order chi connectivity index (χ1) is 8.22. The number of anilines is 1. The van der Waals surface area contributed by atoms with Crippen LogP contribution in [0.3, 0.4) is 0 Å². The number of methoxy groups -OCH3 is 2. The van der Waals surface area contributed by atoms with Crippen LogP contribution < -0.4 is 4.90 Å². The fraction of sp³-hybridized carbons (Fsp3) is 0.583. The van der Waals surface area contributed by atoms with Crippen molar-refractivity contribution in [1.82, 2.24) is 0 Å². The molecule has 1 aromatic rings. The third-order valence-electron chi connectivity index (χ3n) is 2.49. The van der Waals surface area contributed by atoms with E-state index in [0.717, 1.165) is 22.7 Å². The molecule has 0 amide bonds. The molecule has 4 nitrogen and oxygen atoms in total. The Balaban J connectivity index is 2.76. The van der Waals surface area contributed by atoms with Crippen LogP contribution in [0.5, 0.6) is 0 Å². The van der Waals surface area contributed by atoms with Gasteiger partial charge in [-0.25, -0.2) is 0 Å². The second kappa shape index (κ2) is 7.42. The number of hydrogen-bond acceptors (Lipinski definition) is 5. The van der Waals surface area contributed by atoms with Gasteiger partial charge in [0.05, 0.1) is 29.1 Å². The quantitative estimate of drug-likeness (QED) is 0.668. The lowest BCUT2D eigenvalue weighted by molar-refractivity contribution is 0.112. The van der Waals surface area contributed by atoms with Crippen LogP contribution in [0.4, 0.5) is 5.00 Å². The standard InChI is InChI=1S/C12H19NO3S/c1-10(9-16-3)13(6-7-15-2)12-5-4-11(8-14)17-12/h4-5,8,10H,6-7,9H2,1-3H3. The van der Waals surface area contributed by atoms with E-state index in [0.29, 0.717) is 13.2 Å². The van der Waals surface area contributed by atoms with Crippen molar-refractivity contribution in [2.45, 2.75) is 13.0 Å². The van der Waals surface area contributed by atoms with Gasteiger partial charge in [-0.3, -0.25) is 4.79 Å². The summed E-state index contributed by atoms with van der Waals surface area (Å²) in [5.74, 6) is 0. The maximum atomic E-state index is 10.7. The Morgan fingerprint density at radius 3 is 2.71 bits per heavy atom. The number of thiophene rings is 1. The van der Waals surface area contributed by atoms with E-state index in [1.165, 1.54) is 11.3 Å². The largest absolute Gasteiger partial charge is 0.383 e. The van der Waals surface area contributed by atoms with Crippen molar-refractivity contribution in [3.8, 4) is 0 Å². The highest BCUT2D eigenvalue weighted by Gasteiger charge is 2.16. The summed E-state index contributed by atoms with van der Waals surface area (Å²) in [4.78, 5) is 13.6. The average molecular weight is 257 g/mol. The molecule has 96 valence electrons. The van der Waals surface area contributed by atoms with Gasteiger partial charge in [0, 0.05) is 20.8 Å². The van der Waals surface area contributed by atoms with Gasteiger partial charge in [0.25, 0.3) is 0 Å². The van der Waals surface area contributed by atoms with E-state index in [-0.39, 0.29) is 6.04 Å². The zero-order chi connectivity index (χ0) is 12.7. The lowest BCUT2D eigenvalue weighted by Crippen LogP contribution is -2.38. The molecule has 0 fully saturated rings. The summed E-state index contributed by atoms with van der Waals surface area (Å²) >= 11 is 1.49. The van der Waals surface area contributed by atoms with E-state index < -0.39 is 0 Å². The minimum Gasteiger partial charge on any atom is -0.383 e. The fourth-order valence-corrected chi connectivity index (χ4v) is 2.58. The Hall–Kier alpha value is -0.910. The molecule has 0 aliphatic carbocycles. The molecule has 1 heterocycles. The highest BCUT2D eigenvalue weighted by atomic mass is 32.1. The van der Waals surface area contributed by atoms with Crippen LogP contribution in [0.15, 0.2) is 12.1 Å². The van der Waals surface area contributed by atoms with Crippen LogP contribution in [-0.2, 0) is 9.47 Å². The Bertz CT molecular complexity index is 340. The number of nitrogens with zero attached hydrogens (tertiary/aromatic N) is 1. The molecule has 0 N–H and O–H groups in total. The normalized spacial score (nSPS) is 12.4. The smallest absolute Gasteiger partial charge is 0.160 e. The molecule has 0 saturated carbocycles. The van der Waals surface area contributed by atoms with Gasteiger partial charge in [-0.1, -0.05) is 0 Å². The Labute approximate surface area is 106 Å². The Morgan fingerprint density at radius 1 is 1.41 bits per heavy atom. The lowest BCUT2D eigenvalue weighted by atomic mass is 10.3. The minimum atomic E-state index is 0.258. The Kier molecular flexibility index (Phi) is 6.18. The number of hydrogen-bond donors (Lipinski definition) is 0. The van der Waals surface area contributed by atoms with Gasteiger partial charge < -0.3 is 14.4 Å². The van der Waals surface area contributed by atoms with Gasteiger partial charge >= 0.3 is 0 Å². The second-order valence-electron chi connectivity index (χ2n) is 3.78. The van der Waals surface area contributed by atoms with E-state index >= 15 is 0 Å². The molecule has 0 aliphatic rings. The molecule has 1 rings (SSSR count). The molecule has 0 saturated heterocycles. The van der Waals surface area contributed by atoms with E-state index in [9.17, 15) is 4.79 Å². The topological polar surface area (TPSA) is 38.8 Å². The van der Waals surface area contributed by atoms with E-state index in [4.69, 9.17) is 9.47 Å². The molecule has 0 radical (unpaired) electrons. The van der Waals surface area contributed by atoms with Crippen LogP contribution >= 0.6 is 11.3 Å². The number of carbonyl (C=O) groups excluding carboxylic acids is 1. The molecular formula is C12H19NO3S. The predicted octanol–water partition coefficient (Wildman–Crippen LogP) is 2.05. The number of rotatable bonds is 8. The fourth-order valence-electron chi connectivity index (χ4n) is 1.63. The molecule has 0 bridgehead atoms. The van der Waals surface area contributed by atoms with Crippen LogP contribution in [0, 0.1) is 0 Å². The Morgan fingerprint density at radius 2 is 2.18 bits per heavy atom. The maximum absolute atomic E-state index is 10.7. The first-order valence-electron chi connectivity index (χ1n) is 5.52. The van der Waals surface area contributed by atoms with E-state index in [1.54, 1.807) is 14.2 Å². The van der Waals surface area contributed by atoms with Gasteiger partial charge in [-0.05, 0) is 19.1 Å². The zero-order valence-electron chi connectivity index (χ0n) is 10.5. The molecule has 0 aliphatic heterocycles. The number of aldehydes is 1. The van der Waals surface area contributed by atoms with Gasteiger partial charge in [0.1, 0.15) is 0 Å². The van der Waals surface area contributed by atoms with Crippen LogP contribution in [-0.4, -0.2) is 46.3 Å². The first-order valence-corrected chi connectivity index (χ1v) is 6.34. The molecule has 1 unspecified atom stereocenters. The summed E-state index contributed by atoms with van der Waals surface area (Å²) in [7, 11) is 3.38. The SMILES string of the molecule is COCCN(c1ccc(C=O)s1)C(C)COC. The average Bonchev–Trinajstić information content (AvgIpc) is 2.78. The molecule has 17 heavy (non-hydrogen) atoms. The summed E-state index contributed by atoms with van der Waals surface area (Å²) in [6, 6.07) is 4.07. The second-order valence-corrected chi connectivity index (χ2v) is 4.88. The molecular weight excluding hydrogens is 238 g/mol. The molecule has 5 heteroatoms. The van der Waals surface area contributed by atoms with Gasteiger partial charge in [-0.2, -0.15) is 0 Å². The van der Waals surface area contributed by atoms with Crippen molar-refractivity contribution in [1.29, 1.82) is 0 Å². The van der Waals surface area contributed by atoms with Crippen LogP contribution in [0.2, 0.25) is 0 Å². The molecule has 0 spiro atoms. The van der Waals surface area contributed by atoms with Crippen molar-refractivity contribution in [2.75, 3.05) is 38.9 Å². The van der Waals surface area contributed by atoms with Crippen molar-refractivity contribution >= 4 is 22.6 Å². The van der Waals surface area contributed by atoms with Crippen molar-refractivity contribution < 1.29 is 14.3 Å². The van der Waals surface area contributed by atoms with Crippen LogP contribution in [0.25, 0.3) is 0 Å². The maximum Gasteiger partial charge on any atom is 0.160 e.